The van der Waals surface area contributed by atoms with Crippen LogP contribution >= 0.6 is 11.3 Å². The van der Waals surface area contributed by atoms with Crippen molar-refractivity contribution in [1.29, 1.82) is 0 Å². The smallest absolute Gasteiger partial charge is 0.387 e. The summed E-state index contributed by atoms with van der Waals surface area (Å²) in [5.74, 6) is -1.62. The lowest BCUT2D eigenvalue weighted by Crippen LogP contribution is -2.22. The highest BCUT2D eigenvalue weighted by Gasteiger charge is 2.32. The summed E-state index contributed by atoms with van der Waals surface area (Å²) in [6, 6.07) is 5.23. The molecule has 1 aliphatic rings. The van der Waals surface area contributed by atoms with Crippen LogP contribution in [0, 0.1) is 5.41 Å². The monoisotopic (exact) mass is 395 g/mol. The standard InChI is InChI=1S/C19H19F2NO4S/c1-19(2)8-7-12-13(9-19)27-16(14(12)17(24)25)22-15(23)10-3-5-11(6-4-10)26-18(20)21/h3-6,18H,7-9H2,1-2H3,(H,22,23)(H,24,25). The van der Waals surface area contributed by atoms with Crippen LogP contribution in [0.2, 0.25) is 0 Å². The van der Waals surface area contributed by atoms with Gasteiger partial charge in [-0.2, -0.15) is 8.78 Å². The maximum atomic E-state index is 12.5. The van der Waals surface area contributed by atoms with Crippen molar-refractivity contribution < 1.29 is 28.2 Å². The van der Waals surface area contributed by atoms with Crippen LogP contribution < -0.4 is 10.1 Å². The topological polar surface area (TPSA) is 75.6 Å². The zero-order chi connectivity index (χ0) is 19.8. The first-order chi connectivity index (χ1) is 12.7. The number of anilines is 1. The molecule has 27 heavy (non-hydrogen) atoms. The van der Waals surface area contributed by atoms with Gasteiger partial charge < -0.3 is 15.2 Å². The SMILES string of the molecule is CC1(C)CCc2c(sc(NC(=O)c3ccc(OC(F)F)cc3)c2C(=O)O)C1. The molecule has 1 aliphatic carbocycles. The van der Waals surface area contributed by atoms with E-state index >= 15 is 0 Å². The van der Waals surface area contributed by atoms with Crippen molar-refractivity contribution in [2.24, 2.45) is 5.41 Å². The number of alkyl halides is 2. The highest BCUT2D eigenvalue weighted by atomic mass is 32.1. The number of ether oxygens (including phenoxy) is 1. The first kappa shape index (κ1) is 19.3. The van der Waals surface area contributed by atoms with Gasteiger partial charge in [-0.15, -0.1) is 11.3 Å². The Morgan fingerprint density at radius 1 is 1.26 bits per heavy atom. The molecule has 2 N–H and O–H groups in total. The van der Waals surface area contributed by atoms with Crippen molar-refractivity contribution in [3.05, 3.63) is 45.8 Å². The zero-order valence-electron chi connectivity index (χ0n) is 14.8. The van der Waals surface area contributed by atoms with E-state index in [1.165, 1.54) is 35.6 Å². The molecule has 1 aromatic heterocycles. The molecule has 1 heterocycles. The number of thiophene rings is 1. The predicted octanol–water partition coefficient (Wildman–Crippen LogP) is 4.81. The van der Waals surface area contributed by atoms with Crippen molar-refractivity contribution in [2.75, 3.05) is 5.32 Å². The molecular weight excluding hydrogens is 376 g/mol. The molecule has 0 fully saturated rings. The number of carbonyl (C=O) groups is 2. The lowest BCUT2D eigenvalue weighted by atomic mass is 9.77. The molecule has 0 unspecified atom stereocenters. The molecule has 0 radical (unpaired) electrons. The highest BCUT2D eigenvalue weighted by Crippen LogP contribution is 2.43. The van der Waals surface area contributed by atoms with E-state index in [1.54, 1.807) is 0 Å². The number of halogens is 2. The summed E-state index contributed by atoms with van der Waals surface area (Å²) < 4.78 is 28.6. The number of hydrogen-bond donors (Lipinski definition) is 2. The Morgan fingerprint density at radius 2 is 1.93 bits per heavy atom. The van der Waals surface area contributed by atoms with E-state index in [0.29, 0.717) is 11.4 Å². The third kappa shape index (κ3) is 4.27. The predicted molar refractivity (Wildman–Crippen MR) is 98.1 cm³/mol. The van der Waals surface area contributed by atoms with Crippen LogP contribution in [0.1, 0.15) is 51.4 Å². The third-order valence-corrected chi connectivity index (χ3v) is 5.71. The van der Waals surface area contributed by atoms with E-state index in [-0.39, 0.29) is 22.3 Å². The number of hydrogen-bond acceptors (Lipinski definition) is 4. The Kier molecular flexibility index (Phi) is 5.19. The molecule has 0 saturated carbocycles. The number of nitrogens with one attached hydrogen (secondary N) is 1. The van der Waals surface area contributed by atoms with Gasteiger partial charge in [-0.1, -0.05) is 13.8 Å². The maximum absolute atomic E-state index is 12.5. The lowest BCUT2D eigenvalue weighted by molar-refractivity contribution is -0.0498. The summed E-state index contributed by atoms with van der Waals surface area (Å²) >= 11 is 1.29. The molecular formula is C19H19F2NO4S. The number of carboxylic acid groups (broad SMARTS) is 1. The molecule has 144 valence electrons. The van der Waals surface area contributed by atoms with Crippen molar-refractivity contribution in [2.45, 2.75) is 39.7 Å². The number of amides is 1. The maximum Gasteiger partial charge on any atom is 0.387 e. The van der Waals surface area contributed by atoms with Crippen LogP contribution in [0.15, 0.2) is 24.3 Å². The van der Waals surface area contributed by atoms with Crippen LogP contribution in [0.5, 0.6) is 5.75 Å². The molecule has 5 nitrogen and oxygen atoms in total. The Balaban J connectivity index is 1.84. The first-order valence-corrected chi connectivity index (χ1v) is 9.22. The van der Waals surface area contributed by atoms with Crippen molar-refractivity contribution in [3.63, 3.8) is 0 Å². The Bertz CT molecular complexity index is 875. The molecule has 0 aliphatic heterocycles. The molecule has 3 rings (SSSR count). The minimum atomic E-state index is -2.94. The second-order valence-corrected chi connectivity index (χ2v) is 8.32. The molecule has 0 atom stereocenters. The summed E-state index contributed by atoms with van der Waals surface area (Å²) in [5, 5.41) is 12.6. The van der Waals surface area contributed by atoms with E-state index in [1.807, 2.05) is 0 Å². The van der Waals surface area contributed by atoms with Crippen LogP contribution in [-0.2, 0) is 12.8 Å². The van der Waals surface area contributed by atoms with Crippen LogP contribution in [0.3, 0.4) is 0 Å². The highest BCUT2D eigenvalue weighted by molar-refractivity contribution is 7.17. The summed E-state index contributed by atoms with van der Waals surface area (Å²) in [6.45, 7) is 1.33. The van der Waals surface area contributed by atoms with Crippen LogP contribution in [0.4, 0.5) is 13.8 Å². The lowest BCUT2D eigenvalue weighted by Gasteiger charge is -2.29. The second-order valence-electron chi connectivity index (χ2n) is 7.21. The number of benzene rings is 1. The van der Waals surface area contributed by atoms with E-state index in [0.717, 1.165) is 23.3 Å². The number of carboxylic acids is 1. The Morgan fingerprint density at radius 3 is 2.52 bits per heavy atom. The minimum Gasteiger partial charge on any atom is -0.478 e. The van der Waals surface area contributed by atoms with Crippen molar-refractivity contribution >= 4 is 28.2 Å². The third-order valence-electron chi connectivity index (χ3n) is 4.56. The zero-order valence-corrected chi connectivity index (χ0v) is 15.7. The average molecular weight is 395 g/mol. The fourth-order valence-electron chi connectivity index (χ4n) is 3.18. The normalized spacial score (nSPS) is 15.3. The number of fused-ring (bicyclic) bond motifs is 1. The molecule has 0 bridgehead atoms. The van der Waals surface area contributed by atoms with Gasteiger partial charge in [0, 0.05) is 10.4 Å². The van der Waals surface area contributed by atoms with E-state index in [9.17, 15) is 23.5 Å². The van der Waals surface area contributed by atoms with Gasteiger partial charge in [0.05, 0.1) is 5.56 Å². The summed E-state index contributed by atoms with van der Waals surface area (Å²) in [4.78, 5) is 25.2. The van der Waals surface area contributed by atoms with Crippen LogP contribution in [0.25, 0.3) is 0 Å². The summed E-state index contributed by atoms with van der Waals surface area (Å²) in [6.07, 6.45) is 2.31. The molecule has 1 amide bonds. The summed E-state index contributed by atoms with van der Waals surface area (Å²) in [5.41, 5.74) is 1.26. The van der Waals surface area contributed by atoms with E-state index in [4.69, 9.17) is 0 Å². The number of carbonyl (C=O) groups excluding carboxylic acids is 1. The molecule has 0 saturated heterocycles. The van der Waals surface area contributed by atoms with Gasteiger partial charge in [0.15, 0.2) is 0 Å². The average Bonchev–Trinajstić information content (AvgIpc) is 2.90. The second kappa shape index (κ2) is 7.26. The van der Waals surface area contributed by atoms with Gasteiger partial charge in [-0.05, 0) is 54.5 Å². The van der Waals surface area contributed by atoms with Gasteiger partial charge in [-0.25, -0.2) is 4.79 Å². The van der Waals surface area contributed by atoms with Crippen molar-refractivity contribution in [1.82, 2.24) is 0 Å². The molecule has 1 aromatic carbocycles. The molecule has 8 heteroatoms. The molecule has 0 spiro atoms. The van der Waals surface area contributed by atoms with Gasteiger partial charge in [0.25, 0.3) is 5.91 Å². The fraction of sp³-hybridized carbons (Fsp3) is 0.368. The largest absolute Gasteiger partial charge is 0.478 e. The number of aromatic carboxylic acids is 1. The fourth-order valence-corrected chi connectivity index (χ4v) is 4.68. The van der Waals surface area contributed by atoms with Crippen molar-refractivity contribution in [3.8, 4) is 5.75 Å². The van der Waals surface area contributed by atoms with E-state index in [2.05, 4.69) is 23.9 Å². The quantitative estimate of drug-likeness (QED) is 0.761. The summed E-state index contributed by atoms with van der Waals surface area (Å²) in [7, 11) is 0. The van der Waals surface area contributed by atoms with Gasteiger partial charge in [0.2, 0.25) is 0 Å². The van der Waals surface area contributed by atoms with Gasteiger partial charge in [0.1, 0.15) is 10.8 Å². The molecule has 2 aromatic rings. The minimum absolute atomic E-state index is 0.0541. The first-order valence-electron chi connectivity index (χ1n) is 8.40. The van der Waals surface area contributed by atoms with Crippen LogP contribution in [-0.4, -0.2) is 23.6 Å². The van der Waals surface area contributed by atoms with E-state index < -0.39 is 18.5 Å². The number of rotatable bonds is 5. The van der Waals surface area contributed by atoms with Gasteiger partial charge in [-0.3, -0.25) is 4.79 Å². The Hall–Kier alpha value is -2.48. The van der Waals surface area contributed by atoms with Gasteiger partial charge >= 0.3 is 12.6 Å². The Labute approximate surface area is 159 Å².